The Morgan fingerprint density at radius 1 is 1.18 bits per heavy atom. The molecule has 2 aromatic carbocycles. The number of carbonyl (C=O) groups is 1. The Morgan fingerprint density at radius 3 is 2.57 bits per heavy atom. The van der Waals surface area contributed by atoms with Gasteiger partial charge < -0.3 is 9.47 Å². The van der Waals surface area contributed by atoms with E-state index in [-0.39, 0.29) is 10.5 Å². The number of methoxy groups -OCH3 is 1. The van der Waals surface area contributed by atoms with E-state index >= 15 is 0 Å². The molecule has 1 N–H and O–H groups in total. The van der Waals surface area contributed by atoms with Crippen molar-refractivity contribution in [1.82, 2.24) is 4.72 Å². The average molecular weight is 404 g/mol. The first-order valence-electron chi connectivity index (χ1n) is 9.03. The molecule has 7 heteroatoms. The lowest BCUT2D eigenvalue weighted by Crippen LogP contribution is -2.41. The van der Waals surface area contributed by atoms with Gasteiger partial charge in [-0.1, -0.05) is 23.8 Å². The first-order chi connectivity index (χ1) is 13.0. The molecule has 0 saturated heterocycles. The summed E-state index contributed by atoms with van der Waals surface area (Å²) in [6, 6.07) is 9.76. The van der Waals surface area contributed by atoms with Crippen molar-refractivity contribution >= 4 is 16.0 Å². The lowest BCUT2D eigenvalue weighted by atomic mass is 9.89. The Balaban J connectivity index is 1.99. The molecule has 0 fully saturated rings. The van der Waals surface area contributed by atoms with Crippen LogP contribution in [0.4, 0.5) is 0 Å². The summed E-state index contributed by atoms with van der Waals surface area (Å²) in [4.78, 5) is 12.0. The number of ether oxygens (including phenoxy) is 2. The van der Waals surface area contributed by atoms with Crippen LogP contribution in [0, 0.1) is 13.8 Å². The molecule has 1 aliphatic heterocycles. The number of aryl methyl sites for hydroxylation is 2. The van der Waals surface area contributed by atoms with Gasteiger partial charge in [0.15, 0.2) is 0 Å². The minimum Gasteiger partial charge on any atom is -0.487 e. The zero-order valence-corrected chi connectivity index (χ0v) is 17.5. The second kappa shape index (κ2) is 7.22. The van der Waals surface area contributed by atoms with Gasteiger partial charge in [0.2, 0.25) is 10.0 Å². The SMILES string of the molecule is COC(=O)c1cc(S(=O)(=O)N[C@@H]2CC(C)(C)Oc3ccc(C)cc32)ccc1C. The molecule has 1 heterocycles. The zero-order valence-electron chi connectivity index (χ0n) is 16.7. The number of rotatable bonds is 4. The van der Waals surface area contributed by atoms with Crippen molar-refractivity contribution in [3.8, 4) is 5.75 Å². The Bertz CT molecular complexity index is 1030. The maximum Gasteiger partial charge on any atom is 0.338 e. The van der Waals surface area contributed by atoms with Gasteiger partial charge in [-0.05, 0) is 51.5 Å². The smallest absolute Gasteiger partial charge is 0.338 e. The van der Waals surface area contributed by atoms with E-state index in [1.807, 2.05) is 39.0 Å². The number of fused-ring (bicyclic) bond motifs is 1. The van der Waals surface area contributed by atoms with Crippen LogP contribution >= 0.6 is 0 Å². The van der Waals surface area contributed by atoms with Crippen LogP contribution in [-0.4, -0.2) is 27.1 Å². The normalized spacial score (nSPS) is 18.1. The highest BCUT2D eigenvalue weighted by Crippen LogP contribution is 2.40. The van der Waals surface area contributed by atoms with Crippen LogP contribution in [0.2, 0.25) is 0 Å². The third kappa shape index (κ3) is 4.05. The van der Waals surface area contributed by atoms with Crippen molar-refractivity contribution in [2.24, 2.45) is 0 Å². The molecule has 28 heavy (non-hydrogen) atoms. The summed E-state index contributed by atoms with van der Waals surface area (Å²) in [6.45, 7) is 7.54. The standard InChI is InChI=1S/C21H25NO5S/c1-13-6-9-19-17(10-13)18(12-21(3,4)27-19)22-28(24,25)15-8-7-14(2)16(11-15)20(23)26-5/h6-11,18,22H,12H2,1-5H3/t18-/m1/s1. The average Bonchev–Trinajstić information content (AvgIpc) is 2.61. The third-order valence-electron chi connectivity index (χ3n) is 4.84. The van der Waals surface area contributed by atoms with E-state index in [9.17, 15) is 13.2 Å². The highest BCUT2D eigenvalue weighted by molar-refractivity contribution is 7.89. The van der Waals surface area contributed by atoms with Gasteiger partial charge in [0, 0.05) is 12.0 Å². The van der Waals surface area contributed by atoms with Crippen LogP contribution in [0.15, 0.2) is 41.3 Å². The van der Waals surface area contributed by atoms with Gasteiger partial charge in [-0.3, -0.25) is 0 Å². The Kier molecular flexibility index (Phi) is 5.25. The van der Waals surface area contributed by atoms with Crippen molar-refractivity contribution < 1.29 is 22.7 Å². The molecule has 0 saturated carbocycles. The van der Waals surface area contributed by atoms with Crippen molar-refractivity contribution in [3.63, 3.8) is 0 Å². The molecular formula is C21H25NO5S. The fourth-order valence-corrected chi connectivity index (χ4v) is 4.67. The molecule has 2 aromatic rings. The topological polar surface area (TPSA) is 81.7 Å². The van der Waals surface area contributed by atoms with Crippen molar-refractivity contribution in [2.75, 3.05) is 7.11 Å². The number of nitrogens with one attached hydrogen (secondary N) is 1. The third-order valence-corrected chi connectivity index (χ3v) is 6.31. The van der Waals surface area contributed by atoms with Gasteiger partial charge in [-0.15, -0.1) is 0 Å². The van der Waals surface area contributed by atoms with Crippen LogP contribution in [0.5, 0.6) is 5.75 Å². The molecule has 0 bridgehead atoms. The molecule has 0 amide bonds. The molecule has 1 aliphatic rings. The first kappa shape index (κ1) is 20.4. The number of carbonyl (C=O) groups excluding carboxylic acids is 1. The van der Waals surface area contributed by atoms with Crippen LogP contribution in [0.25, 0.3) is 0 Å². The second-order valence-electron chi connectivity index (χ2n) is 7.75. The van der Waals surface area contributed by atoms with Gasteiger partial charge in [0.25, 0.3) is 0 Å². The van der Waals surface area contributed by atoms with Gasteiger partial charge in [-0.2, -0.15) is 0 Å². The predicted octanol–water partition coefficient (Wildman–Crippen LogP) is 3.67. The number of hydrogen-bond acceptors (Lipinski definition) is 5. The molecule has 0 aromatic heterocycles. The van der Waals surface area contributed by atoms with Crippen molar-refractivity contribution in [1.29, 1.82) is 0 Å². The van der Waals surface area contributed by atoms with Crippen molar-refractivity contribution in [3.05, 3.63) is 58.7 Å². The maximum absolute atomic E-state index is 13.1. The number of esters is 1. The maximum atomic E-state index is 13.1. The zero-order chi connectivity index (χ0) is 20.7. The Hall–Kier alpha value is -2.38. The van der Waals surface area contributed by atoms with Crippen molar-refractivity contribution in [2.45, 2.75) is 50.7 Å². The van der Waals surface area contributed by atoms with Gasteiger partial charge in [-0.25, -0.2) is 17.9 Å². The van der Waals surface area contributed by atoms with E-state index in [2.05, 4.69) is 4.72 Å². The van der Waals surface area contributed by atoms with E-state index in [1.54, 1.807) is 13.0 Å². The second-order valence-corrected chi connectivity index (χ2v) is 9.46. The molecule has 1 atom stereocenters. The van der Waals surface area contributed by atoms with E-state index in [0.717, 1.165) is 11.1 Å². The summed E-state index contributed by atoms with van der Waals surface area (Å²) in [5.41, 5.74) is 2.20. The molecule has 0 aliphatic carbocycles. The summed E-state index contributed by atoms with van der Waals surface area (Å²) >= 11 is 0. The highest BCUT2D eigenvalue weighted by atomic mass is 32.2. The molecule has 150 valence electrons. The summed E-state index contributed by atoms with van der Waals surface area (Å²) < 4.78 is 39.7. The molecule has 0 spiro atoms. The summed E-state index contributed by atoms with van der Waals surface area (Å²) in [7, 11) is -2.59. The fourth-order valence-electron chi connectivity index (χ4n) is 3.43. The van der Waals surface area contributed by atoms with Gasteiger partial charge in [0.05, 0.1) is 23.6 Å². The molecule has 0 unspecified atom stereocenters. The quantitative estimate of drug-likeness (QED) is 0.788. The van der Waals surface area contributed by atoms with Crippen LogP contribution in [0.1, 0.15) is 53.4 Å². The summed E-state index contributed by atoms with van der Waals surface area (Å²) in [5, 5.41) is 0. The largest absolute Gasteiger partial charge is 0.487 e. The van der Waals surface area contributed by atoms with Crippen LogP contribution in [0.3, 0.4) is 0 Å². The fraction of sp³-hybridized carbons (Fsp3) is 0.381. The van der Waals surface area contributed by atoms with E-state index in [1.165, 1.54) is 19.2 Å². The minimum absolute atomic E-state index is 0.0250. The van der Waals surface area contributed by atoms with Crippen LogP contribution in [-0.2, 0) is 14.8 Å². The summed E-state index contributed by atoms with van der Waals surface area (Å²) in [5.74, 6) is 0.108. The first-order valence-corrected chi connectivity index (χ1v) is 10.5. The predicted molar refractivity (Wildman–Crippen MR) is 106 cm³/mol. The van der Waals surface area contributed by atoms with E-state index < -0.39 is 27.6 Å². The summed E-state index contributed by atoms with van der Waals surface area (Å²) in [6.07, 6.45) is 0.485. The lowest BCUT2D eigenvalue weighted by Gasteiger charge is -2.38. The minimum atomic E-state index is -3.86. The van der Waals surface area contributed by atoms with Crippen LogP contribution < -0.4 is 9.46 Å². The van der Waals surface area contributed by atoms with E-state index in [4.69, 9.17) is 9.47 Å². The number of benzene rings is 2. The van der Waals surface area contributed by atoms with E-state index in [0.29, 0.717) is 17.7 Å². The number of hydrogen-bond donors (Lipinski definition) is 1. The molecular weight excluding hydrogens is 378 g/mol. The Morgan fingerprint density at radius 2 is 1.89 bits per heavy atom. The molecule has 0 radical (unpaired) electrons. The number of sulfonamides is 1. The van der Waals surface area contributed by atoms with Gasteiger partial charge in [0.1, 0.15) is 11.4 Å². The highest BCUT2D eigenvalue weighted by Gasteiger charge is 2.36. The lowest BCUT2D eigenvalue weighted by molar-refractivity contribution is 0.0599. The Labute approximate surface area is 165 Å². The molecule has 3 rings (SSSR count). The molecule has 6 nitrogen and oxygen atoms in total. The monoisotopic (exact) mass is 403 g/mol. The van der Waals surface area contributed by atoms with Gasteiger partial charge >= 0.3 is 5.97 Å².